The van der Waals surface area contributed by atoms with E-state index in [-0.39, 0.29) is 5.56 Å². The standard InChI is InChI=1S/C11H10N2O4/c14-10-7-5-9(13-1-3-16-4-2-13)12-6-8(7)11(15)17-10/h5-6H,1-4H2. The molecule has 17 heavy (non-hydrogen) atoms. The lowest BCUT2D eigenvalue weighted by molar-refractivity contribution is 0.0443. The lowest BCUT2D eigenvalue weighted by Crippen LogP contribution is -2.36. The maximum atomic E-state index is 11.4. The van der Waals surface area contributed by atoms with Crippen LogP contribution in [0.15, 0.2) is 12.3 Å². The fourth-order valence-corrected chi connectivity index (χ4v) is 1.94. The third kappa shape index (κ3) is 1.66. The van der Waals surface area contributed by atoms with Crippen molar-refractivity contribution in [1.29, 1.82) is 0 Å². The Morgan fingerprint density at radius 1 is 1.12 bits per heavy atom. The number of morpholine rings is 1. The van der Waals surface area contributed by atoms with Crippen molar-refractivity contribution in [1.82, 2.24) is 4.98 Å². The van der Waals surface area contributed by atoms with E-state index in [1.807, 2.05) is 4.90 Å². The molecule has 0 aromatic carbocycles. The highest BCUT2D eigenvalue weighted by Crippen LogP contribution is 2.23. The number of fused-ring (bicyclic) bond motifs is 1. The number of ether oxygens (including phenoxy) is 2. The molecule has 3 heterocycles. The normalized spacial score (nSPS) is 19.2. The van der Waals surface area contributed by atoms with E-state index >= 15 is 0 Å². The molecule has 1 aromatic rings. The molecule has 0 saturated carbocycles. The first-order chi connectivity index (χ1) is 8.25. The number of aromatic nitrogens is 1. The largest absolute Gasteiger partial charge is 0.386 e. The van der Waals surface area contributed by atoms with Crippen LogP contribution in [-0.4, -0.2) is 43.2 Å². The van der Waals surface area contributed by atoms with Gasteiger partial charge < -0.3 is 14.4 Å². The molecule has 0 N–H and O–H groups in total. The molecule has 2 aliphatic rings. The summed E-state index contributed by atoms with van der Waals surface area (Å²) in [6.45, 7) is 2.74. The van der Waals surface area contributed by atoms with Crippen molar-refractivity contribution in [3.8, 4) is 0 Å². The SMILES string of the molecule is O=C1OC(=O)c2cc(N3CCOCC3)ncc21. The van der Waals surface area contributed by atoms with E-state index in [2.05, 4.69) is 9.72 Å². The van der Waals surface area contributed by atoms with Gasteiger partial charge in [-0.1, -0.05) is 0 Å². The Bertz CT molecular complexity index is 494. The maximum Gasteiger partial charge on any atom is 0.348 e. The van der Waals surface area contributed by atoms with Crippen molar-refractivity contribution < 1.29 is 19.1 Å². The Kier molecular flexibility index (Phi) is 2.29. The number of hydrogen-bond donors (Lipinski definition) is 0. The third-order valence-electron chi connectivity index (χ3n) is 2.85. The van der Waals surface area contributed by atoms with Gasteiger partial charge in [0.15, 0.2) is 0 Å². The second-order valence-corrected chi connectivity index (χ2v) is 3.86. The van der Waals surface area contributed by atoms with Crippen molar-refractivity contribution in [2.75, 3.05) is 31.2 Å². The van der Waals surface area contributed by atoms with Crippen LogP contribution in [0.4, 0.5) is 5.82 Å². The molecule has 0 amide bonds. The van der Waals surface area contributed by atoms with E-state index in [4.69, 9.17) is 4.74 Å². The number of rotatable bonds is 1. The van der Waals surface area contributed by atoms with Crippen LogP contribution in [0, 0.1) is 0 Å². The highest BCUT2D eigenvalue weighted by Gasteiger charge is 2.31. The molecule has 0 bridgehead atoms. The van der Waals surface area contributed by atoms with Crippen molar-refractivity contribution in [2.24, 2.45) is 0 Å². The van der Waals surface area contributed by atoms with Gasteiger partial charge in [0.05, 0.1) is 24.3 Å². The van der Waals surface area contributed by atoms with E-state index in [1.165, 1.54) is 6.20 Å². The zero-order valence-corrected chi connectivity index (χ0v) is 9.01. The van der Waals surface area contributed by atoms with Gasteiger partial charge >= 0.3 is 11.9 Å². The molecule has 6 heteroatoms. The van der Waals surface area contributed by atoms with Crippen LogP contribution in [-0.2, 0) is 9.47 Å². The van der Waals surface area contributed by atoms with Crippen LogP contribution in [0.1, 0.15) is 20.7 Å². The number of pyridine rings is 1. The Labute approximate surface area is 97.1 Å². The van der Waals surface area contributed by atoms with Crippen molar-refractivity contribution in [3.05, 3.63) is 23.4 Å². The minimum atomic E-state index is -0.619. The summed E-state index contributed by atoms with van der Waals surface area (Å²) in [5, 5.41) is 0. The van der Waals surface area contributed by atoms with Crippen LogP contribution >= 0.6 is 0 Å². The second-order valence-electron chi connectivity index (χ2n) is 3.86. The third-order valence-corrected chi connectivity index (χ3v) is 2.85. The first-order valence-corrected chi connectivity index (χ1v) is 5.35. The predicted molar refractivity (Wildman–Crippen MR) is 57.0 cm³/mol. The molecule has 1 saturated heterocycles. The van der Waals surface area contributed by atoms with Crippen LogP contribution in [0.3, 0.4) is 0 Å². The number of esters is 2. The minimum absolute atomic E-state index is 0.243. The van der Waals surface area contributed by atoms with E-state index < -0.39 is 11.9 Å². The van der Waals surface area contributed by atoms with Gasteiger partial charge in [0, 0.05) is 19.3 Å². The average molecular weight is 234 g/mol. The lowest BCUT2D eigenvalue weighted by atomic mass is 10.1. The Morgan fingerprint density at radius 2 is 1.82 bits per heavy atom. The summed E-state index contributed by atoms with van der Waals surface area (Å²) < 4.78 is 9.75. The Balaban J connectivity index is 1.95. The molecule has 0 aliphatic carbocycles. The molecule has 1 aromatic heterocycles. The molecule has 2 aliphatic heterocycles. The van der Waals surface area contributed by atoms with Crippen molar-refractivity contribution >= 4 is 17.8 Å². The number of carbonyl (C=O) groups is 2. The summed E-state index contributed by atoms with van der Waals surface area (Å²) >= 11 is 0. The molecular weight excluding hydrogens is 224 g/mol. The van der Waals surface area contributed by atoms with Gasteiger partial charge in [-0.05, 0) is 6.07 Å². The zero-order chi connectivity index (χ0) is 11.8. The van der Waals surface area contributed by atoms with Crippen LogP contribution in [0.25, 0.3) is 0 Å². The molecular formula is C11H10N2O4. The maximum absolute atomic E-state index is 11.4. The molecule has 0 radical (unpaired) electrons. The number of cyclic esters (lactones) is 2. The van der Waals surface area contributed by atoms with Gasteiger partial charge in [-0.3, -0.25) is 0 Å². The molecule has 88 valence electrons. The number of hydrogen-bond acceptors (Lipinski definition) is 6. The molecule has 3 rings (SSSR count). The monoisotopic (exact) mass is 234 g/mol. The molecule has 6 nitrogen and oxygen atoms in total. The van der Waals surface area contributed by atoms with E-state index in [9.17, 15) is 9.59 Å². The quantitative estimate of drug-likeness (QED) is 0.511. The molecule has 0 spiro atoms. The summed E-state index contributed by atoms with van der Waals surface area (Å²) in [6.07, 6.45) is 1.40. The Hall–Kier alpha value is -1.95. The lowest BCUT2D eigenvalue weighted by Gasteiger charge is -2.27. The smallest absolute Gasteiger partial charge is 0.348 e. The highest BCUT2D eigenvalue weighted by atomic mass is 16.6. The van der Waals surface area contributed by atoms with Gasteiger partial charge in [-0.15, -0.1) is 0 Å². The zero-order valence-electron chi connectivity index (χ0n) is 9.01. The highest BCUT2D eigenvalue weighted by molar-refractivity contribution is 6.14. The van der Waals surface area contributed by atoms with Gasteiger partial charge in [-0.25, -0.2) is 14.6 Å². The average Bonchev–Trinajstić information content (AvgIpc) is 2.66. The van der Waals surface area contributed by atoms with Gasteiger partial charge in [-0.2, -0.15) is 0 Å². The predicted octanol–water partition coefficient (Wildman–Crippen LogP) is 0.229. The van der Waals surface area contributed by atoms with Crippen LogP contribution in [0.2, 0.25) is 0 Å². The summed E-state index contributed by atoms with van der Waals surface area (Å²) in [6, 6.07) is 1.61. The fourth-order valence-electron chi connectivity index (χ4n) is 1.94. The summed E-state index contributed by atoms with van der Waals surface area (Å²) in [4.78, 5) is 28.8. The number of nitrogens with zero attached hydrogens (tertiary/aromatic N) is 2. The first kappa shape index (κ1) is 10.2. The van der Waals surface area contributed by atoms with Gasteiger partial charge in [0.2, 0.25) is 0 Å². The van der Waals surface area contributed by atoms with Crippen LogP contribution < -0.4 is 4.90 Å². The van der Waals surface area contributed by atoms with E-state index in [1.54, 1.807) is 6.07 Å². The second kappa shape index (κ2) is 3.81. The summed E-state index contributed by atoms with van der Waals surface area (Å²) in [5.41, 5.74) is 0.540. The fraction of sp³-hybridized carbons (Fsp3) is 0.364. The van der Waals surface area contributed by atoms with Gasteiger partial charge in [0.25, 0.3) is 0 Å². The number of carbonyl (C=O) groups excluding carboxylic acids is 2. The summed E-state index contributed by atoms with van der Waals surface area (Å²) in [7, 11) is 0. The van der Waals surface area contributed by atoms with Crippen molar-refractivity contribution in [3.63, 3.8) is 0 Å². The molecule has 0 unspecified atom stereocenters. The molecule has 1 fully saturated rings. The summed E-state index contributed by atoms with van der Waals surface area (Å²) in [5.74, 6) is -0.536. The minimum Gasteiger partial charge on any atom is -0.386 e. The van der Waals surface area contributed by atoms with Crippen molar-refractivity contribution in [2.45, 2.75) is 0 Å². The number of anilines is 1. The van der Waals surface area contributed by atoms with E-state index in [0.29, 0.717) is 24.6 Å². The van der Waals surface area contributed by atoms with Crippen LogP contribution in [0.5, 0.6) is 0 Å². The first-order valence-electron chi connectivity index (χ1n) is 5.35. The molecule has 0 atom stereocenters. The Morgan fingerprint density at radius 3 is 2.59 bits per heavy atom. The van der Waals surface area contributed by atoms with E-state index in [0.717, 1.165) is 13.1 Å². The van der Waals surface area contributed by atoms with Gasteiger partial charge in [0.1, 0.15) is 5.82 Å². The topological polar surface area (TPSA) is 68.7 Å².